The van der Waals surface area contributed by atoms with Crippen LogP contribution in [-0.2, 0) is 10.0 Å². The second kappa shape index (κ2) is 12.3. The van der Waals surface area contributed by atoms with E-state index in [1.807, 2.05) is 20.8 Å². The fourth-order valence-electron chi connectivity index (χ4n) is 2.04. The monoisotopic (exact) mass is 462 g/mol. The highest BCUT2D eigenvalue weighted by Crippen LogP contribution is 2.06. The molecule has 0 aromatic rings. The van der Waals surface area contributed by atoms with Crippen molar-refractivity contribution in [3.05, 3.63) is 0 Å². The summed E-state index contributed by atoms with van der Waals surface area (Å²) in [5.74, 6) is 1.47. The average molecular weight is 462 g/mol. The Balaban J connectivity index is 0. The van der Waals surface area contributed by atoms with Gasteiger partial charge in [-0.05, 0) is 33.1 Å². The van der Waals surface area contributed by atoms with Crippen molar-refractivity contribution in [1.82, 2.24) is 15.4 Å². The second-order valence-electron chi connectivity index (χ2n) is 6.77. The zero-order chi connectivity index (χ0) is 17.2. The van der Waals surface area contributed by atoms with Crippen LogP contribution in [0.25, 0.3) is 0 Å². The third kappa shape index (κ3) is 16.5. The fraction of sp³-hybridized carbons (Fsp3) is 0.933. The minimum Gasteiger partial charge on any atom is -0.357 e. The maximum atomic E-state index is 11.3. The van der Waals surface area contributed by atoms with E-state index in [0.29, 0.717) is 6.54 Å². The molecule has 0 aliphatic carbocycles. The zero-order valence-electron chi connectivity index (χ0n) is 15.4. The normalized spacial score (nSPS) is 12.9. The van der Waals surface area contributed by atoms with Crippen LogP contribution in [0.1, 0.15) is 53.9 Å². The van der Waals surface area contributed by atoms with Gasteiger partial charge in [0, 0.05) is 18.6 Å². The number of sulfonamides is 1. The van der Waals surface area contributed by atoms with E-state index in [4.69, 9.17) is 0 Å². The van der Waals surface area contributed by atoms with Crippen LogP contribution in [0.5, 0.6) is 0 Å². The predicted octanol–water partition coefficient (Wildman–Crippen LogP) is 2.31. The Morgan fingerprint density at radius 3 is 2.26 bits per heavy atom. The second-order valence-corrected chi connectivity index (χ2v) is 8.52. The van der Waals surface area contributed by atoms with E-state index in [1.165, 1.54) is 12.8 Å². The first-order chi connectivity index (χ1) is 10.1. The molecule has 0 fully saturated rings. The Labute approximate surface area is 159 Å². The highest BCUT2D eigenvalue weighted by atomic mass is 127. The van der Waals surface area contributed by atoms with E-state index in [0.717, 1.165) is 37.6 Å². The molecule has 0 aromatic carbocycles. The molecule has 0 heterocycles. The molecule has 0 unspecified atom stereocenters. The Morgan fingerprint density at radius 1 is 1.17 bits per heavy atom. The maximum Gasteiger partial charge on any atom is 0.209 e. The minimum absolute atomic E-state index is 0. The van der Waals surface area contributed by atoms with Crippen molar-refractivity contribution in [3.63, 3.8) is 0 Å². The van der Waals surface area contributed by atoms with Crippen LogP contribution >= 0.6 is 24.0 Å². The van der Waals surface area contributed by atoms with Crippen LogP contribution in [0.4, 0.5) is 0 Å². The standard InChI is InChI=1S/C15H34N4O2S.HI/c1-7-16-14(17-11-9-8-10-13(2)3)18-12-15(4,5)19-22(6,20)21;/h13,19H,7-12H2,1-6H3,(H2,16,17,18);1H. The number of guanidine groups is 1. The van der Waals surface area contributed by atoms with Crippen LogP contribution in [-0.4, -0.2) is 45.8 Å². The summed E-state index contributed by atoms with van der Waals surface area (Å²) in [5, 5.41) is 6.47. The lowest BCUT2D eigenvalue weighted by molar-refractivity contribution is 0.464. The molecule has 0 saturated heterocycles. The first-order valence-electron chi connectivity index (χ1n) is 8.07. The average Bonchev–Trinajstić information content (AvgIpc) is 2.32. The molecule has 0 rings (SSSR count). The zero-order valence-corrected chi connectivity index (χ0v) is 18.5. The van der Waals surface area contributed by atoms with Gasteiger partial charge < -0.3 is 10.6 Å². The van der Waals surface area contributed by atoms with E-state index >= 15 is 0 Å². The molecule has 0 aromatic heterocycles. The van der Waals surface area contributed by atoms with Gasteiger partial charge in [0.25, 0.3) is 0 Å². The molecule has 0 aliphatic heterocycles. The first kappa shape index (κ1) is 25.2. The van der Waals surface area contributed by atoms with Gasteiger partial charge in [-0.3, -0.25) is 4.99 Å². The molecule has 0 aliphatic rings. The molecule has 0 radical (unpaired) electrons. The van der Waals surface area contributed by atoms with Gasteiger partial charge in [-0.25, -0.2) is 13.1 Å². The molecule has 3 N–H and O–H groups in total. The van der Waals surface area contributed by atoms with Gasteiger partial charge in [0.2, 0.25) is 10.0 Å². The summed E-state index contributed by atoms with van der Waals surface area (Å²) < 4.78 is 25.2. The van der Waals surface area contributed by atoms with Gasteiger partial charge in [0.1, 0.15) is 0 Å². The Hall–Kier alpha value is -0.0900. The van der Waals surface area contributed by atoms with Crippen molar-refractivity contribution < 1.29 is 8.42 Å². The quantitative estimate of drug-likeness (QED) is 0.201. The van der Waals surface area contributed by atoms with Gasteiger partial charge in [-0.15, -0.1) is 24.0 Å². The summed E-state index contributed by atoms with van der Waals surface area (Å²) in [6.07, 6.45) is 4.70. The summed E-state index contributed by atoms with van der Waals surface area (Å²) in [6.45, 7) is 12.1. The molecule has 140 valence electrons. The Kier molecular flexibility index (Phi) is 13.4. The summed E-state index contributed by atoms with van der Waals surface area (Å²) in [5.41, 5.74) is -0.604. The number of rotatable bonds is 10. The first-order valence-corrected chi connectivity index (χ1v) is 9.96. The number of unbranched alkanes of at least 4 members (excludes halogenated alkanes) is 1. The van der Waals surface area contributed by atoms with E-state index in [9.17, 15) is 8.42 Å². The summed E-state index contributed by atoms with van der Waals surface area (Å²) in [4.78, 5) is 4.47. The number of aliphatic imine (C=N–C) groups is 1. The van der Waals surface area contributed by atoms with Crippen molar-refractivity contribution in [2.24, 2.45) is 10.9 Å². The van der Waals surface area contributed by atoms with E-state index in [-0.39, 0.29) is 24.0 Å². The van der Waals surface area contributed by atoms with Crippen LogP contribution < -0.4 is 15.4 Å². The van der Waals surface area contributed by atoms with Gasteiger partial charge >= 0.3 is 0 Å². The molecule has 0 spiro atoms. The van der Waals surface area contributed by atoms with Gasteiger partial charge in [-0.1, -0.05) is 26.7 Å². The Bertz CT molecular complexity index is 437. The molecule has 23 heavy (non-hydrogen) atoms. The lowest BCUT2D eigenvalue weighted by atomic mass is 10.1. The number of halogens is 1. The maximum absolute atomic E-state index is 11.3. The minimum atomic E-state index is -3.23. The number of nitrogens with one attached hydrogen (secondary N) is 3. The SMILES string of the molecule is CCNC(=NCC(C)(C)NS(C)(=O)=O)NCCCCC(C)C.I. The highest BCUT2D eigenvalue weighted by molar-refractivity contribution is 14.0. The lowest BCUT2D eigenvalue weighted by Crippen LogP contribution is -2.46. The molecule has 0 saturated carbocycles. The molecule has 6 nitrogen and oxygen atoms in total. The van der Waals surface area contributed by atoms with E-state index in [2.05, 4.69) is 34.2 Å². The van der Waals surface area contributed by atoms with E-state index in [1.54, 1.807) is 0 Å². The topological polar surface area (TPSA) is 82.6 Å². The van der Waals surface area contributed by atoms with Crippen LogP contribution in [0.3, 0.4) is 0 Å². The highest BCUT2D eigenvalue weighted by Gasteiger charge is 2.21. The Morgan fingerprint density at radius 2 is 1.78 bits per heavy atom. The van der Waals surface area contributed by atoms with E-state index < -0.39 is 15.6 Å². The predicted molar refractivity (Wildman–Crippen MR) is 110 cm³/mol. The summed E-state index contributed by atoms with van der Waals surface area (Å²) in [6, 6.07) is 0. The smallest absolute Gasteiger partial charge is 0.209 e. The van der Waals surface area contributed by atoms with Crippen molar-refractivity contribution in [3.8, 4) is 0 Å². The fourth-order valence-corrected chi connectivity index (χ4v) is 3.11. The lowest BCUT2D eigenvalue weighted by Gasteiger charge is -2.23. The van der Waals surface area contributed by atoms with Crippen LogP contribution in [0.2, 0.25) is 0 Å². The number of hydrogen-bond donors (Lipinski definition) is 3. The van der Waals surface area contributed by atoms with Crippen molar-refractivity contribution in [2.75, 3.05) is 25.9 Å². The number of nitrogens with zero attached hydrogens (tertiary/aromatic N) is 1. The van der Waals surface area contributed by atoms with Crippen molar-refractivity contribution in [1.29, 1.82) is 0 Å². The van der Waals surface area contributed by atoms with Gasteiger partial charge in [-0.2, -0.15) is 0 Å². The molecular formula is C15H35IN4O2S. The molecular weight excluding hydrogens is 427 g/mol. The molecule has 0 amide bonds. The molecule has 8 heteroatoms. The summed E-state index contributed by atoms with van der Waals surface area (Å²) in [7, 11) is -3.23. The number of hydrogen-bond acceptors (Lipinski definition) is 3. The third-order valence-electron chi connectivity index (χ3n) is 2.94. The summed E-state index contributed by atoms with van der Waals surface area (Å²) >= 11 is 0. The molecule has 0 bridgehead atoms. The van der Waals surface area contributed by atoms with Crippen LogP contribution in [0, 0.1) is 5.92 Å². The molecule has 0 atom stereocenters. The largest absolute Gasteiger partial charge is 0.357 e. The third-order valence-corrected chi connectivity index (χ3v) is 3.86. The van der Waals surface area contributed by atoms with Crippen molar-refractivity contribution >= 4 is 40.0 Å². The van der Waals surface area contributed by atoms with Gasteiger partial charge in [0.05, 0.1) is 12.8 Å². The van der Waals surface area contributed by atoms with Crippen molar-refractivity contribution in [2.45, 2.75) is 59.4 Å². The van der Waals surface area contributed by atoms with Gasteiger partial charge in [0.15, 0.2) is 5.96 Å². The van der Waals surface area contributed by atoms with Crippen LogP contribution in [0.15, 0.2) is 4.99 Å².